The van der Waals surface area contributed by atoms with Crippen LogP contribution < -0.4 is 5.32 Å². The van der Waals surface area contributed by atoms with E-state index in [2.05, 4.69) is 25.6 Å². The van der Waals surface area contributed by atoms with Crippen molar-refractivity contribution in [3.63, 3.8) is 0 Å². The Hall–Kier alpha value is -3.66. The highest BCUT2D eigenvalue weighted by molar-refractivity contribution is 5.94. The molecular formula is C22H23N7O3. The fourth-order valence-electron chi connectivity index (χ4n) is 4.26. The molecule has 0 radical (unpaired) electrons. The number of fused-ring (bicyclic) bond motifs is 1. The van der Waals surface area contributed by atoms with Crippen LogP contribution in [0.15, 0.2) is 48.8 Å². The summed E-state index contributed by atoms with van der Waals surface area (Å²) in [5.74, 6) is -0.162. The molecule has 1 spiro atoms. The Labute approximate surface area is 184 Å². The first kappa shape index (κ1) is 20.3. The van der Waals surface area contributed by atoms with Gasteiger partial charge in [-0.2, -0.15) is 0 Å². The SMILES string of the molecule is O=C(NCc1nnn2c1COC1(CCCN(C(=O)c3ncccn3)C1)C2)c1ccccc1. The molecule has 10 heteroatoms. The molecule has 3 aromatic rings. The molecule has 5 rings (SSSR count). The summed E-state index contributed by atoms with van der Waals surface area (Å²) in [6, 6.07) is 10.7. The van der Waals surface area contributed by atoms with Gasteiger partial charge in [0.1, 0.15) is 11.3 Å². The lowest BCUT2D eigenvalue weighted by Gasteiger charge is -2.44. The number of carbonyl (C=O) groups excluding carboxylic acids is 2. The van der Waals surface area contributed by atoms with Crippen molar-refractivity contribution < 1.29 is 14.3 Å². The summed E-state index contributed by atoms with van der Waals surface area (Å²) < 4.78 is 8.13. The topological polar surface area (TPSA) is 115 Å². The number of rotatable bonds is 4. The molecule has 1 saturated heterocycles. The summed E-state index contributed by atoms with van der Waals surface area (Å²) in [5, 5.41) is 11.4. The number of hydrogen-bond acceptors (Lipinski definition) is 7. The average Bonchev–Trinajstić information content (AvgIpc) is 3.24. The fourth-order valence-corrected chi connectivity index (χ4v) is 4.26. The number of piperidine rings is 1. The fraction of sp³-hybridized carbons (Fsp3) is 0.364. The summed E-state index contributed by atoms with van der Waals surface area (Å²) >= 11 is 0. The Morgan fingerprint density at radius 3 is 2.72 bits per heavy atom. The second-order valence-corrected chi connectivity index (χ2v) is 8.06. The third-order valence-corrected chi connectivity index (χ3v) is 5.91. The maximum atomic E-state index is 12.8. The van der Waals surface area contributed by atoms with Gasteiger partial charge >= 0.3 is 0 Å². The largest absolute Gasteiger partial charge is 0.365 e. The number of benzene rings is 1. The first-order valence-corrected chi connectivity index (χ1v) is 10.6. The normalized spacial score (nSPS) is 20.1. The Morgan fingerprint density at radius 1 is 1.09 bits per heavy atom. The second kappa shape index (κ2) is 8.46. The molecule has 4 heterocycles. The van der Waals surface area contributed by atoms with E-state index in [0.29, 0.717) is 37.5 Å². The zero-order chi connectivity index (χ0) is 22.0. The molecule has 2 aliphatic heterocycles. The average molecular weight is 433 g/mol. The highest BCUT2D eigenvalue weighted by atomic mass is 16.5. The molecule has 32 heavy (non-hydrogen) atoms. The van der Waals surface area contributed by atoms with Crippen LogP contribution in [0.3, 0.4) is 0 Å². The van der Waals surface area contributed by atoms with Crippen LogP contribution in [0.2, 0.25) is 0 Å². The number of amides is 2. The highest BCUT2D eigenvalue weighted by Crippen LogP contribution is 2.32. The maximum absolute atomic E-state index is 12.8. The molecule has 10 nitrogen and oxygen atoms in total. The van der Waals surface area contributed by atoms with Gasteiger partial charge in [0, 0.05) is 24.5 Å². The van der Waals surface area contributed by atoms with Crippen molar-refractivity contribution in [1.29, 1.82) is 0 Å². The minimum Gasteiger partial charge on any atom is -0.365 e. The van der Waals surface area contributed by atoms with Crippen LogP contribution in [-0.2, 0) is 24.4 Å². The van der Waals surface area contributed by atoms with E-state index in [4.69, 9.17) is 4.74 Å². The van der Waals surface area contributed by atoms with Gasteiger partial charge in [-0.25, -0.2) is 14.6 Å². The number of carbonyl (C=O) groups is 2. The van der Waals surface area contributed by atoms with E-state index in [-0.39, 0.29) is 24.2 Å². The van der Waals surface area contributed by atoms with Gasteiger partial charge in [0.05, 0.1) is 31.9 Å². The molecule has 1 aromatic carbocycles. The van der Waals surface area contributed by atoms with Gasteiger partial charge in [-0.05, 0) is 31.0 Å². The Bertz CT molecular complexity index is 1120. The van der Waals surface area contributed by atoms with Crippen molar-refractivity contribution in [3.8, 4) is 0 Å². The zero-order valence-corrected chi connectivity index (χ0v) is 17.5. The summed E-state index contributed by atoms with van der Waals surface area (Å²) in [4.78, 5) is 35.0. The molecule has 1 N–H and O–H groups in total. The molecule has 2 amide bonds. The molecule has 2 aliphatic rings. The number of aromatic nitrogens is 5. The van der Waals surface area contributed by atoms with E-state index in [1.54, 1.807) is 35.5 Å². The van der Waals surface area contributed by atoms with Gasteiger partial charge in [-0.3, -0.25) is 9.59 Å². The summed E-state index contributed by atoms with van der Waals surface area (Å²) in [7, 11) is 0. The minimum absolute atomic E-state index is 0.162. The molecule has 164 valence electrons. The summed E-state index contributed by atoms with van der Waals surface area (Å²) in [6.45, 7) is 2.19. The third kappa shape index (κ3) is 3.96. The lowest BCUT2D eigenvalue weighted by atomic mass is 9.91. The van der Waals surface area contributed by atoms with Gasteiger partial charge < -0.3 is 15.0 Å². The predicted octanol–water partition coefficient (Wildman–Crippen LogP) is 1.20. The molecule has 0 bridgehead atoms. The molecule has 1 atom stereocenters. The summed E-state index contributed by atoms with van der Waals surface area (Å²) in [6.07, 6.45) is 4.78. The molecule has 1 fully saturated rings. The number of hydrogen-bond donors (Lipinski definition) is 1. The standard InChI is InChI=1S/C22H23N7O3/c30-20(16-6-2-1-3-7-16)25-12-17-18-13-32-22(15-29(18)27-26-17)8-4-11-28(14-22)21(31)19-23-9-5-10-24-19/h1-3,5-7,9-10H,4,8,11-15H2,(H,25,30). The van der Waals surface area contributed by atoms with Crippen LogP contribution >= 0.6 is 0 Å². The smallest absolute Gasteiger partial charge is 0.291 e. The lowest BCUT2D eigenvalue weighted by Crippen LogP contribution is -2.55. The van der Waals surface area contributed by atoms with Crippen LogP contribution in [0.1, 0.15) is 45.2 Å². The van der Waals surface area contributed by atoms with Crippen molar-refractivity contribution in [3.05, 3.63) is 71.6 Å². The molecule has 2 aromatic heterocycles. The van der Waals surface area contributed by atoms with Crippen molar-refractivity contribution in [2.45, 2.75) is 38.1 Å². The van der Waals surface area contributed by atoms with E-state index in [1.807, 2.05) is 22.9 Å². The first-order chi connectivity index (χ1) is 15.6. The second-order valence-electron chi connectivity index (χ2n) is 8.06. The van der Waals surface area contributed by atoms with Crippen molar-refractivity contribution in [2.75, 3.05) is 13.1 Å². The van der Waals surface area contributed by atoms with Crippen molar-refractivity contribution in [1.82, 2.24) is 35.2 Å². The van der Waals surface area contributed by atoms with Gasteiger partial charge in [-0.1, -0.05) is 23.4 Å². The Kier molecular flexibility index (Phi) is 5.36. The van der Waals surface area contributed by atoms with Gasteiger partial charge in [-0.15, -0.1) is 5.10 Å². The minimum atomic E-state index is -0.520. The van der Waals surface area contributed by atoms with E-state index in [1.165, 1.54) is 0 Å². The van der Waals surface area contributed by atoms with Gasteiger partial charge in [0.2, 0.25) is 5.82 Å². The van der Waals surface area contributed by atoms with Crippen LogP contribution in [-0.4, -0.2) is 60.4 Å². The van der Waals surface area contributed by atoms with Crippen LogP contribution in [0.4, 0.5) is 0 Å². The zero-order valence-electron chi connectivity index (χ0n) is 17.5. The molecule has 0 aliphatic carbocycles. The molecule has 1 unspecified atom stereocenters. The van der Waals surface area contributed by atoms with E-state index < -0.39 is 5.60 Å². The number of likely N-dealkylation sites (tertiary alicyclic amines) is 1. The first-order valence-electron chi connectivity index (χ1n) is 10.6. The van der Waals surface area contributed by atoms with Crippen LogP contribution in [0.25, 0.3) is 0 Å². The van der Waals surface area contributed by atoms with Gasteiger partial charge in [0.25, 0.3) is 11.8 Å². The van der Waals surface area contributed by atoms with Crippen molar-refractivity contribution in [2.24, 2.45) is 0 Å². The number of ether oxygens (including phenoxy) is 1. The number of nitrogens with one attached hydrogen (secondary N) is 1. The highest BCUT2D eigenvalue weighted by Gasteiger charge is 2.43. The quantitative estimate of drug-likeness (QED) is 0.657. The van der Waals surface area contributed by atoms with Crippen LogP contribution in [0.5, 0.6) is 0 Å². The molecule has 0 saturated carbocycles. The Balaban J connectivity index is 1.25. The third-order valence-electron chi connectivity index (χ3n) is 5.91. The van der Waals surface area contributed by atoms with Gasteiger partial charge in [0.15, 0.2) is 0 Å². The lowest BCUT2D eigenvalue weighted by molar-refractivity contribution is -0.122. The maximum Gasteiger partial charge on any atom is 0.291 e. The van der Waals surface area contributed by atoms with Crippen LogP contribution in [0, 0.1) is 0 Å². The summed E-state index contributed by atoms with van der Waals surface area (Å²) in [5.41, 5.74) is 1.61. The Morgan fingerprint density at radius 2 is 1.91 bits per heavy atom. The van der Waals surface area contributed by atoms with E-state index in [0.717, 1.165) is 18.5 Å². The van der Waals surface area contributed by atoms with Crippen molar-refractivity contribution >= 4 is 11.8 Å². The monoisotopic (exact) mass is 433 g/mol. The number of nitrogens with zero attached hydrogens (tertiary/aromatic N) is 6. The predicted molar refractivity (Wildman–Crippen MR) is 112 cm³/mol. The van der Waals surface area contributed by atoms with E-state index >= 15 is 0 Å². The molecular weight excluding hydrogens is 410 g/mol. The van der Waals surface area contributed by atoms with E-state index in [9.17, 15) is 9.59 Å².